The van der Waals surface area contributed by atoms with E-state index in [1.165, 1.54) is 6.21 Å². The number of carbonyl (C=O) groups excluding carboxylic acids is 1. The standard InChI is InChI=1S/C22H24N4O4/c23-22(24)26-15-7-12-18(20(27)28)25-14-6-11-16-8-4-5-13-19(16)30-21(29)17-9-2-1-3-10-17/h1-6,8-11,13-14,18H,7,12,15H2,(H,27,28)(H4,23,24,26)/b11-6+,25-14+/t18-/m0/s1. The lowest BCUT2D eigenvalue weighted by Crippen LogP contribution is -2.31. The van der Waals surface area contributed by atoms with Crippen molar-refractivity contribution in [3.63, 3.8) is 0 Å². The number of hydrogen-bond acceptors (Lipinski definition) is 5. The molecule has 1 atom stereocenters. The molecule has 0 amide bonds. The van der Waals surface area contributed by atoms with Crippen LogP contribution >= 0.6 is 0 Å². The van der Waals surface area contributed by atoms with Gasteiger partial charge in [-0.2, -0.15) is 0 Å². The smallest absolute Gasteiger partial charge is 0.343 e. The number of allylic oxidation sites excluding steroid dienone is 1. The Hall–Kier alpha value is -3.94. The fourth-order valence-electron chi connectivity index (χ4n) is 2.52. The summed E-state index contributed by atoms with van der Waals surface area (Å²) in [5.74, 6) is -1.14. The Balaban J connectivity index is 1.97. The molecular weight excluding hydrogens is 384 g/mol. The van der Waals surface area contributed by atoms with Crippen molar-refractivity contribution in [3.8, 4) is 5.75 Å². The van der Waals surface area contributed by atoms with Gasteiger partial charge in [0.1, 0.15) is 11.8 Å². The zero-order chi connectivity index (χ0) is 22.5. The van der Waals surface area contributed by atoms with Gasteiger partial charge in [0.2, 0.25) is 0 Å². The van der Waals surface area contributed by atoms with Gasteiger partial charge in [-0.3, -0.25) is 10.4 Å². The minimum absolute atomic E-state index is 0.0232. The third kappa shape index (κ3) is 7.59. The van der Waals surface area contributed by atoms with Crippen LogP contribution in [-0.4, -0.2) is 41.8 Å². The number of benzene rings is 2. The van der Waals surface area contributed by atoms with E-state index in [2.05, 4.69) is 15.7 Å². The van der Waals surface area contributed by atoms with Gasteiger partial charge in [-0.15, -0.1) is 0 Å². The minimum atomic E-state index is -1.04. The number of para-hydroxylation sites is 1. The van der Waals surface area contributed by atoms with E-state index in [0.29, 0.717) is 36.3 Å². The highest BCUT2D eigenvalue weighted by atomic mass is 16.5. The van der Waals surface area contributed by atoms with E-state index >= 15 is 0 Å². The second-order valence-corrected chi connectivity index (χ2v) is 6.26. The lowest BCUT2D eigenvalue weighted by atomic mass is 10.1. The molecule has 8 nitrogen and oxygen atoms in total. The Morgan fingerprint density at radius 1 is 1.23 bits per heavy atom. The molecule has 30 heavy (non-hydrogen) atoms. The molecule has 5 N–H and O–H groups in total. The molecule has 0 saturated carbocycles. The number of nitrogens with one attached hydrogen (secondary N) is 2. The van der Waals surface area contributed by atoms with Crippen LogP contribution in [0.15, 0.2) is 65.7 Å². The fraction of sp³-hybridized carbons (Fsp3) is 0.182. The number of carbonyl (C=O) groups is 2. The van der Waals surface area contributed by atoms with Crippen molar-refractivity contribution in [3.05, 3.63) is 71.8 Å². The van der Waals surface area contributed by atoms with Crippen LogP contribution in [0.25, 0.3) is 6.08 Å². The van der Waals surface area contributed by atoms with Crippen LogP contribution in [0.2, 0.25) is 1.41 Å². The summed E-state index contributed by atoms with van der Waals surface area (Å²) in [5, 5.41) is 15.0. The van der Waals surface area contributed by atoms with E-state index < -0.39 is 18.0 Å². The molecule has 0 heterocycles. The number of aliphatic carboxylic acids is 1. The minimum Gasteiger partial charge on any atom is -0.480 e. The van der Waals surface area contributed by atoms with Crippen molar-refractivity contribution < 1.29 is 20.8 Å². The van der Waals surface area contributed by atoms with Crippen molar-refractivity contribution in [2.45, 2.75) is 18.9 Å². The van der Waals surface area contributed by atoms with Crippen molar-refractivity contribution in [1.82, 2.24) is 5.32 Å². The molecule has 2 aromatic rings. The average molecular weight is 408 g/mol. The number of ether oxygens (including phenoxy) is 1. The number of carboxylic acids is 1. The molecule has 156 valence electrons. The third-order valence-electron chi connectivity index (χ3n) is 4.00. The maximum absolute atomic E-state index is 12.3. The molecule has 0 aliphatic carbocycles. The molecule has 0 unspecified atom stereocenters. The van der Waals surface area contributed by atoms with E-state index in [1.807, 2.05) is 6.07 Å². The largest absolute Gasteiger partial charge is 0.480 e. The molecule has 0 saturated heterocycles. The Bertz CT molecular complexity index is 961. The molecule has 0 spiro atoms. The zero-order valence-electron chi connectivity index (χ0n) is 17.3. The number of aliphatic imine (C=N–C) groups is 1. The van der Waals surface area contributed by atoms with Gasteiger partial charge in [0.25, 0.3) is 0 Å². The first kappa shape index (κ1) is 20.8. The normalized spacial score (nSPS) is 13.2. The van der Waals surface area contributed by atoms with Gasteiger partial charge in [-0.05, 0) is 43.2 Å². The summed E-state index contributed by atoms with van der Waals surface area (Å²) in [6.07, 6.45) is 5.47. The molecule has 0 aliphatic heterocycles. The van der Waals surface area contributed by atoms with Gasteiger partial charge in [0.15, 0.2) is 7.37 Å². The summed E-state index contributed by atoms with van der Waals surface area (Å²) in [6.45, 7) is 0.392. The van der Waals surface area contributed by atoms with Crippen LogP contribution in [0.3, 0.4) is 0 Å². The molecule has 0 aliphatic rings. The van der Waals surface area contributed by atoms with Crippen LogP contribution in [0.4, 0.5) is 0 Å². The van der Waals surface area contributed by atoms with Gasteiger partial charge in [0.05, 0.1) is 5.56 Å². The van der Waals surface area contributed by atoms with Gasteiger partial charge >= 0.3 is 11.9 Å². The Morgan fingerprint density at radius 2 is 1.97 bits per heavy atom. The number of guanidine groups is 1. The number of carboxylic acid groups (broad SMARTS) is 1. The monoisotopic (exact) mass is 408 g/mol. The highest BCUT2D eigenvalue weighted by molar-refractivity contribution is 5.91. The number of esters is 1. The molecule has 8 heteroatoms. The van der Waals surface area contributed by atoms with Gasteiger partial charge in [0, 0.05) is 18.3 Å². The summed E-state index contributed by atoms with van der Waals surface area (Å²) in [4.78, 5) is 27.7. The van der Waals surface area contributed by atoms with Crippen molar-refractivity contribution in [2.75, 3.05) is 6.54 Å². The lowest BCUT2D eigenvalue weighted by molar-refractivity contribution is -0.138. The van der Waals surface area contributed by atoms with Gasteiger partial charge < -0.3 is 20.9 Å². The Kier molecular flexibility index (Phi) is 8.18. The molecule has 0 bridgehead atoms. The van der Waals surface area contributed by atoms with Crippen molar-refractivity contribution in [1.29, 1.82) is 5.40 Å². The van der Waals surface area contributed by atoms with Crippen LogP contribution in [0.1, 0.15) is 28.8 Å². The number of nitrogens with zero attached hydrogens (tertiary/aromatic N) is 1. The van der Waals surface area contributed by atoms with E-state index in [-0.39, 0.29) is 5.96 Å². The first-order chi connectivity index (χ1) is 15.0. The molecular formula is C22H24N4O4. The molecule has 0 radical (unpaired) electrons. The lowest BCUT2D eigenvalue weighted by Gasteiger charge is -2.08. The third-order valence-corrected chi connectivity index (χ3v) is 4.00. The number of nitrogens with two attached hydrogens (primary N) is 1. The number of rotatable bonds is 10. The second kappa shape index (κ2) is 11.8. The first-order valence-corrected chi connectivity index (χ1v) is 9.31. The number of hydrogen-bond donors (Lipinski definition) is 4. The van der Waals surface area contributed by atoms with E-state index in [1.54, 1.807) is 60.7 Å². The second-order valence-electron chi connectivity index (χ2n) is 6.26. The molecule has 0 fully saturated rings. The summed E-state index contributed by atoms with van der Waals surface area (Å²) >= 11 is 0. The van der Waals surface area contributed by atoms with Crippen molar-refractivity contribution >= 4 is 30.2 Å². The molecule has 2 aromatic carbocycles. The topological polar surface area (TPSA) is 138 Å². The van der Waals surface area contributed by atoms with Crippen LogP contribution in [0.5, 0.6) is 5.75 Å². The van der Waals surface area contributed by atoms with Gasteiger partial charge in [-0.25, -0.2) is 9.59 Å². The summed E-state index contributed by atoms with van der Waals surface area (Å²) in [5.41, 5.74) is 6.44. The SMILES string of the molecule is [H]/N=C(\N)NCCC[C@H](/N=C/C=C/c1ccccc1OC(=O)c1ccccc1)C(=O)O. The summed E-state index contributed by atoms with van der Waals surface area (Å²) in [7, 11) is 0. The highest BCUT2D eigenvalue weighted by Gasteiger charge is 2.14. The quantitative estimate of drug-likeness (QED) is 0.157. The van der Waals surface area contributed by atoms with Crippen LogP contribution in [-0.2, 0) is 4.79 Å². The van der Waals surface area contributed by atoms with E-state index in [4.69, 9.17) is 11.9 Å². The Labute approximate surface area is 176 Å². The average Bonchev–Trinajstić information content (AvgIpc) is 2.79. The summed E-state index contributed by atoms with van der Waals surface area (Å²) < 4.78 is 12.2. The Morgan fingerprint density at radius 3 is 2.70 bits per heavy atom. The summed E-state index contributed by atoms with van der Waals surface area (Å²) in [6, 6.07) is 14.8. The maximum atomic E-state index is 12.3. The molecule has 0 aromatic heterocycles. The van der Waals surface area contributed by atoms with Crippen LogP contribution < -0.4 is 15.8 Å². The van der Waals surface area contributed by atoms with Crippen molar-refractivity contribution in [2.24, 2.45) is 10.7 Å². The fourth-order valence-corrected chi connectivity index (χ4v) is 2.52. The predicted molar refractivity (Wildman–Crippen MR) is 116 cm³/mol. The molecule has 2 rings (SSSR count). The zero-order valence-corrected chi connectivity index (χ0v) is 16.3. The van der Waals surface area contributed by atoms with E-state index in [0.717, 1.165) is 0 Å². The predicted octanol–water partition coefficient (Wildman–Crippen LogP) is 2.71. The highest BCUT2D eigenvalue weighted by Crippen LogP contribution is 2.20. The first-order valence-electron chi connectivity index (χ1n) is 9.76. The maximum Gasteiger partial charge on any atom is 0.343 e. The van der Waals surface area contributed by atoms with E-state index in [9.17, 15) is 14.7 Å². The van der Waals surface area contributed by atoms with Gasteiger partial charge in [-0.1, -0.05) is 36.4 Å². The van der Waals surface area contributed by atoms with Crippen LogP contribution in [0, 0.1) is 5.40 Å².